The van der Waals surface area contributed by atoms with E-state index in [9.17, 15) is 4.79 Å². The van der Waals surface area contributed by atoms with Gasteiger partial charge in [-0.1, -0.05) is 58.4 Å². The number of nitrogens with zero attached hydrogens (tertiary/aromatic N) is 2. The SMILES string of the molecule is Cc1coc(-c2ccccc2)c1C(=O)Nc1ccnc(-c2cccc(Br)c2)n1. The van der Waals surface area contributed by atoms with Gasteiger partial charge in [-0.25, -0.2) is 9.97 Å². The van der Waals surface area contributed by atoms with E-state index in [1.165, 1.54) is 0 Å². The summed E-state index contributed by atoms with van der Waals surface area (Å²) in [5, 5.41) is 2.86. The van der Waals surface area contributed by atoms with Crippen molar-refractivity contribution < 1.29 is 9.21 Å². The van der Waals surface area contributed by atoms with Crippen molar-refractivity contribution in [2.75, 3.05) is 5.32 Å². The molecule has 0 spiro atoms. The maximum atomic E-state index is 13.0. The minimum absolute atomic E-state index is 0.274. The monoisotopic (exact) mass is 433 g/mol. The minimum atomic E-state index is -0.274. The molecule has 2 heterocycles. The Balaban J connectivity index is 1.64. The van der Waals surface area contributed by atoms with Crippen molar-refractivity contribution in [1.82, 2.24) is 9.97 Å². The molecule has 0 aliphatic heterocycles. The summed E-state index contributed by atoms with van der Waals surface area (Å²) >= 11 is 3.45. The molecule has 0 aliphatic rings. The molecule has 0 bridgehead atoms. The number of hydrogen-bond donors (Lipinski definition) is 1. The van der Waals surface area contributed by atoms with Gasteiger partial charge in [-0.3, -0.25) is 4.79 Å². The van der Waals surface area contributed by atoms with Crippen LogP contribution in [0.5, 0.6) is 0 Å². The van der Waals surface area contributed by atoms with Crippen LogP contribution < -0.4 is 5.32 Å². The standard InChI is InChI=1S/C22H16BrN3O2/c1-14-13-28-20(15-6-3-2-4-7-15)19(14)22(27)26-18-10-11-24-21(25-18)16-8-5-9-17(23)12-16/h2-13H,1H3,(H,24,25,26,27). The van der Waals surface area contributed by atoms with Crippen molar-refractivity contribution in [3.63, 3.8) is 0 Å². The number of aryl methyl sites for hydroxylation is 1. The number of benzene rings is 2. The molecule has 4 aromatic rings. The fourth-order valence-electron chi connectivity index (χ4n) is 2.90. The van der Waals surface area contributed by atoms with Gasteiger partial charge in [0.15, 0.2) is 5.82 Å². The van der Waals surface area contributed by atoms with Crippen LogP contribution in [-0.4, -0.2) is 15.9 Å². The highest BCUT2D eigenvalue weighted by atomic mass is 79.9. The number of carbonyl (C=O) groups excluding carboxylic acids is 1. The third-order valence-electron chi connectivity index (χ3n) is 4.22. The molecule has 0 atom stereocenters. The third-order valence-corrected chi connectivity index (χ3v) is 4.71. The molecule has 0 aliphatic carbocycles. The Morgan fingerprint density at radius 2 is 1.82 bits per heavy atom. The van der Waals surface area contributed by atoms with Gasteiger partial charge in [0.2, 0.25) is 0 Å². The zero-order chi connectivity index (χ0) is 19.5. The first kappa shape index (κ1) is 18.1. The number of nitrogens with one attached hydrogen (secondary N) is 1. The zero-order valence-electron chi connectivity index (χ0n) is 15.0. The summed E-state index contributed by atoms with van der Waals surface area (Å²) in [4.78, 5) is 21.7. The maximum absolute atomic E-state index is 13.0. The van der Waals surface area contributed by atoms with Gasteiger partial charge in [0, 0.05) is 27.4 Å². The van der Waals surface area contributed by atoms with Gasteiger partial charge >= 0.3 is 0 Å². The van der Waals surface area contributed by atoms with Crippen molar-refractivity contribution in [1.29, 1.82) is 0 Å². The molecule has 4 rings (SSSR count). The van der Waals surface area contributed by atoms with Gasteiger partial charge in [-0.05, 0) is 25.1 Å². The summed E-state index contributed by atoms with van der Waals surface area (Å²) in [6.45, 7) is 1.84. The smallest absolute Gasteiger partial charge is 0.261 e. The van der Waals surface area contributed by atoms with Crippen LogP contribution in [0.25, 0.3) is 22.7 Å². The van der Waals surface area contributed by atoms with E-state index in [2.05, 4.69) is 31.2 Å². The molecule has 6 heteroatoms. The molecule has 138 valence electrons. The Morgan fingerprint density at radius 1 is 1.04 bits per heavy atom. The third kappa shape index (κ3) is 3.73. The zero-order valence-corrected chi connectivity index (χ0v) is 16.6. The first-order chi connectivity index (χ1) is 13.6. The second kappa shape index (κ2) is 7.78. The average Bonchev–Trinajstić information content (AvgIpc) is 3.10. The second-order valence-corrected chi connectivity index (χ2v) is 7.13. The Kier molecular flexibility index (Phi) is 5.04. The van der Waals surface area contributed by atoms with Crippen LogP contribution in [0.3, 0.4) is 0 Å². The molecule has 1 N–H and O–H groups in total. The number of furan rings is 1. The van der Waals surface area contributed by atoms with Crippen molar-refractivity contribution in [2.24, 2.45) is 0 Å². The summed E-state index contributed by atoms with van der Waals surface area (Å²) in [5.74, 6) is 1.22. The molecule has 2 aromatic carbocycles. The van der Waals surface area contributed by atoms with Gasteiger partial charge in [0.05, 0.1) is 11.8 Å². The number of halogens is 1. The first-order valence-corrected chi connectivity index (χ1v) is 9.45. The van der Waals surface area contributed by atoms with Gasteiger partial charge in [-0.15, -0.1) is 0 Å². The number of carbonyl (C=O) groups is 1. The van der Waals surface area contributed by atoms with E-state index in [4.69, 9.17) is 4.42 Å². The molecule has 5 nitrogen and oxygen atoms in total. The molecule has 28 heavy (non-hydrogen) atoms. The van der Waals surface area contributed by atoms with E-state index < -0.39 is 0 Å². The predicted molar refractivity (Wildman–Crippen MR) is 112 cm³/mol. The number of amides is 1. The Morgan fingerprint density at radius 3 is 2.61 bits per heavy atom. The molecule has 1 amide bonds. The summed E-state index contributed by atoms with van der Waals surface area (Å²) in [7, 11) is 0. The molecule has 0 fully saturated rings. The number of hydrogen-bond acceptors (Lipinski definition) is 4. The van der Waals surface area contributed by atoms with Gasteiger partial charge in [0.25, 0.3) is 5.91 Å². The lowest BCUT2D eigenvalue weighted by Crippen LogP contribution is -2.14. The van der Waals surface area contributed by atoms with E-state index in [0.717, 1.165) is 21.2 Å². The van der Waals surface area contributed by atoms with Crippen molar-refractivity contribution in [3.8, 4) is 22.7 Å². The molecule has 0 unspecified atom stereocenters. The lowest BCUT2D eigenvalue weighted by Gasteiger charge is -2.08. The van der Waals surface area contributed by atoms with Crippen molar-refractivity contribution in [3.05, 3.63) is 88.7 Å². The normalized spacial score (nSPS) is 10.6. The van der Waals surface area contributed by atoms with Crippen LogP contribution >= 0.6 is 15.9 Å². The van der Waals surface area contributed by atoms with Crippen molar-refractivity contribution >= 4 is 27.7 Å². The Bertz CT molecular complexity index is 1140. The van der Waals surface area contributed by atoms with Crippen molar-refractivity contribution in [2.45, 2.75) is 6.92 Å². The number of aromatic nitrogens is 2. The van der Waals surface area contributed by atoms with Crippen LogP contribution in [0, 0.1) is 6.92 Å². The van der Waals surface area contributed by atoms with E-state index in [-0.39, 0.29) is 5.91 Å². The van der Waals surface area contributed by atoms with E-state index in [0.29, 0.717) is 23.0 Å². The van der Waals surface area contributed by atoms with E-state index >= 15 is 0 Å². The summed E-state index contributed by atoms with van der Waals surface area (Å²) in [5.41, 5.74) is 2.96. The Labute approximate surface area is 170 Å². The fraction of sp³-hybridized carbons (Fsp3) is 0.0455. The average molecular weight is 434 g/mol. The molecular weight excluding hydrogens is 418 g/mol. The van der Waals surface area contributed by atoms with E-state index in [1.807, 2.05) is 61.5 Å². The highest BCUT2D eigenvalue weighted by Gasteiger charge is 2.20. The number of anilines is 1. The summed E-state index contributed by atoms with van der Waals surface area (Å²) < 4.78 is 6.58. The van der Waals surface area contributed by atoms with Gasteiger partial charge < -0.3 is 9.73 Å². The largest absolute Gasteiger partial charge is 0.463 e. The van der Waals surface area contributed by atoms with Gasteiger partial charge in [0.1, 0.15) is 11.6 Å². The first-order valence-electron chi connectivity index (χ1n) is 8.65. The quantitative estimate of drug-likeness (QED) is 0.446. The maximum Gasteiger partial charge on any atom is 0.261 e. The molecule has 0 saturated heterocycles. The number of rotatable bonds is 4. The second-order valence-electron chi connectivity index (χ2n) is 6.22. The molecule has 0 radical (unpaired) electrons. The highest BCUT2D eigenvalue weighted by Crippen LogP contribution is 2.28. The molecular formula is C22H16BrN3O2. The van der Waals surface area contributed by atoms with Crippen LogP contribution in [0.15, 0.2) is 82.0 Å². The fourth-order valence-corrected chi connectivity index (χ4v) is 3.30. The molecule has 0 saturated carbocycles. The minimum Gasteiger partial charge on any atom is -0.463 e. The van der Waals surface area contributed by atoms with Crippen LogP contribution in [0.2, 0.25) is 0 Å². The topological polar surface area (TPSA) is 68.0 Å². The lowest BCUT2D eigenvalue weighted by atomic mass is 10.1. The highest BCUT2D eigenvalue weighted by molar-refractivity contribution is 9.10. The van der Waals surface area contributed by atoms with Crippen LogP contribution in [0.4, 0.5) is 5.82 Å². The summed E-state index contributed by atoms with van der Waals surface area (Å²) in [6.07, 6.45) is 3.21. The lowest BCUT2D eigenvalue weighted by molar-refractivity contribution is 0.102. The van der Waals surface area contributed by atoms with E-state index in [1.54, 1.807) is 18.5 Å². The van der Waals surface area contributed by atoms with Crippen LogP contribution in [-0.2, 0) is 0 Å². The van der Waals surface area contributed by atoms with Crippen LogP contribution in [0.1, 0.15) is 15.9 Å². The van der Waals surface area contributed by atoms with Gasteiger partial charge in [-0.2, -0.15) is 0 Å². The molecule has 2 aromatic heterocycles. The summed E-state index contributed by atoms with van der Waals surface area (Å²) in [6, 6.07) is 18.9. The predicted octanol–water partition coefficient (Wildman–Crippen LogP) is 5.73. The Hall–Kier alpha value is -3.25.